The van der Waals surface area contributed by atoms with E-state index in [9.17, 15) is 0 Å². The van der Waals surface area contributed by atoms with Gasteiger partial charge >= 0.3 is 0 Å². The van der Waals surface area contributed by atoms with Crippen molar-refractivity contribution in [2.75, 3.05) is 13.7 Å². The highest BCUT2D eigenvalue weighted by Gasteiger charge is 2.11. The summed E-state index contributed by atoms with van der Waals surface area (Å²) in [5, 5.41) is 3.69. The lowest BCUT2D eigenvalue weighted by molar-refractivity contribution is 0.372. The Morgan fingerprint density at radius 2 is 2.06 bits per heavy atom. The van der Waals surface area contributed by atoms with Gasteiger partial charge < -0.3 is 10.1 Å². The smallest absolute Gasteiger partial charge is 0.119 e. The number of benzene rings is 1. The Hall–Kier alpha value is -1.02. The summed E-state index contributed by atoms with van der Waals surface area (Å²) in [6.45, 7) is 1.14. The lowest BCUT2D eigenvalue weighted by Crippen LogP contribution is -2.31. The lowest BCUT2D eigenvalue weighted by Gasteiger charge is -2.22. The zero-order chi connectivity index (χ0) is 12.6. The maximum atomic E-state index is 5.24. The van der Waals surface area contributed by atoms with Crippen LogP contribution in [0.1, 0.15) is 44.1 Å². The van der Waals surface area contributed by atoms with Crippen LogP contribution in [0.2, 0.25) is 0 Å². The number of hydrogen-bond acceptors (Lipinski definition) is 2. The number of aryl methyl sites for hydroxylation is 1. The first-order valence-electron chi connectivity index (χ1n) is 7.25. The van der Waals surface area contributed by atoms with E-state index in [1.807, 2.05) is 6.07 Å². The van der Waals surface area contributed by atoms with Gasteiger partial charge in [-0.1, -0.05) is 31.4 Å². The van der Waals surface area contributed by atoms with Crippen molar-refractivity contribution in [1.82, 2.24) is 5.32 Å². The van der Waals surface area contributed by atoms with Crippen LogP contribution in [0.5, 0.6) is 5.75 Å². The fraction of sp³-hybridized carbons (Fsp3) is 0.625. The molecule has 0 aliphatic heterocycles. The number of methoxy groups -OCH3 is 1. The van der Waals surface area contributed by atoms with Crippen molar-refractivity contribution < 1.29 is 4.74 Å². The van der Waals surface area contributed by atoms with E-state index in [0.717, 1.165) is 24.8 Å². The van der Waals surface area contributed by atoms with E-state index in [2.05, 4.69) is 23.5 Å². The third-order valence-corrected chi connectivity index (χ3v) is 3.81. The number of hydrogen-bond donors (Lipinski definition) is 1. The summed E-state index contributed by atoms with van der Waals surface area (Å²) < 4.78 is 5.24. The molecule has 1 N–H and O–H groups in total. The molecule has 0 bridgehead atoms. The second-order valence-electron chi connectivity index (χ2n) is 5.24. The van der Waals surface area contributed by atoms with Crippen LogP contribution in [0.15, 0.2) is 24.3 Å². The van der Waals surface area contributed by atoms with Gasteiger partial charge in [0.1, 0.15) is 5.75 Å². The van der Waals surface area contributed by atoms with E-state index in [0.29, 0.717) is 0 Å². The molecule has 0 aromatic heterocycles. The molecule has 2 rings (SSSR count). The van der Waals surface area contributed by atoms with Gasteiger partial charge in [-0.15, -0.1) is 0 Å². The zero-order valence-electron chi connectivity index (χ0n) is 11.5. The molecule has 0 unspecified atom stereocenters. The highest BCUT2D eigenvalue weighted by atomic mass is 16.5. The lowest BCUT2D eigenvalue weighted by atomic mass is 9.95. The number of ether oxygens (including phenoxy) is 1. The summed E-state index contributed by atoms with van der Waals surface area (Å²) in [4.78, 5) is 0. The molecule has 1 aliphatic rings. The SMILES string of the molecule is COc1cccc(CCCNC2CCCCC2)c1. The fourth-order valence-electron chi connectivity index (χ4n) is 2.73. The van der Waals surface area contributed by atoms with Gasteiger partial charge in [0.15, 0.2) is 0 Å². The topological polar surface area (TPSA) is 21.3 Å². The number of rotatable bonds is 6. The molecule has 1 aromatic rings. The standard InChI is InChI=1S/C16H25NO/c1-18-16-11-5-7-14(13-16)8-6-12-17-15-9-3-2-4-10-15/h5,7,11,13,15,17H,2-4,6,8-10,12H2,1H3. The maximum Gasteiger partial charge on any atom is 0.119 e. The third kappa shape index (κ3) is 4.34. The fourth-order valence-corrected chi connectivity index (χ4v) is 2.73. The molecule has 1 aliphatic carbocycles. The molecule has 2 nitrogen and oxygen atoms in total. The summed E-state index contributed by atoms with van der Waals surface area (Å²) in [5.41, 5.74) is 1.37. The van der Waals surface area contributed by atoms with Crippen molar-refractivity contribution in [3.63, 3.8) is 0 Å². The second kappa shape index (κ2) is 7.42. The summed E-state index contributed by atoms with van der Waals surface area (Å²) in [7, 11) is 1.73. The highest BCUT2D eigenvalue weighted by molar-refractivity contribution is 5.28. The molecular weight excluding hydrogens is 222 g/mol. The van der Waals surface area contributed by atoms with Crippen molar-refractivity contribution >= 4 is 0 Å². The summed E-state index contributed by atoms with van der Waals surface area (Å²) >= 11 is 0. The van der Waals surface area contributed by atoms with Crippen molar-refractivity contribution in [3.8, 4) is 5.75 Å². The molecule has 0 radical (unpaired) electrons. The first-order valence-corrected chi connectivity index (χ1v) is 7.25. The minimum atomic E-state index is 0.782. The van der Waals surface area contributed by atoms with E-state index in [4.69, 9.17) is 4.74 Å². The Balaban J connectivity index is 1.65. The van der Waals surface area contributed by atoms with Crippen LogP contribution in [0.4, 0.5) is 0 Å². The maximum absolute atomic E-state index is 5.24. The van der Waals surface area contributed by atoms with Crippen LogP contribution >= 0.6 is 0 Å². The van der Waals surface area contributed by atoms with E-state index in [-0.39, 0.29) is 0 Å². The van der Waals surface area contributed by atoms with Crippen molar-refractivity contribution in [3.05, 3.63) is 29.8 Å². The molecule has 18 heavy (non-hydrogen) atoms. The monoisotopic (exact) mass is 247 g/mol. The molecule has 0 heterocycles. The van der Waals surface area contributed by atoms with E-state index in [1.54, 1.807) is 7.11 Å². The molecule has 0 atom stereocenters. The molecule has 100 valence electrons. The molecular formula is C16H25NO. The number of nitrogens with one attached hydrogen (secondary N) is 1. The normalized spacial score (nSPS) is 16.7. The Bertz CT molecular complexity index is 345. The summed E-state index contributed by atoms with van der Waals surface area (Å²) in [5.74, 6) is 0.965. The molecule has 1 aromatic carbocycles. The van der Waals surface area contributed by atoms with E-state index < -0.39 is 0 Å². The molecule has 2 heteroatoms. The largest absolute Gasteiger partial charge is 0.497 e. The minimum Gasteiger partial charge on any atom is -0.497 e. The average Bonchev–Trinajstić information content (AvgIpc) is 2.45. The molecule has 1 fully saturated rings. The predicted octanol–water partition coefficient (Wildman–Crippen LogP) is 3.55. The predicted molar refractivity (Wildman–Crippen MR) is 76.2 cm³/mol. The molecule has 1 saturated carbocycles. The van der Waals surface area contributed by atoms with Gasteiger partial charge in [0.25, 0.3) is 0 Å². The van der Waals surface area contributed by atoms with Gasteiger partial charge in [0, 0.05) is 6.04 Å². The zero-order valence-corrected chi connectivity index (χ0v) is 11.5. The summed E-state index contributed by atoms with van der Waals surface area (Å²) in [6, 6.07) is 9.18. The van der Waals surface area contributed by atoms with Crippen LogP contribution in [-0.4, -0.2) is 19.7 Å². The first kappa shape index (κ1) is 13.4. The van der Waals surface area contributed by atoms with Gasteiger partial charge in [0.05, 0.1) is 7.11 Å². The van der Waals surface area contributed by atoms with Crippen LogP contribution < -0.4 is 10.1 Å². The highest BCUT2D eigenvalue weighted by Crippen LogP contribution is 2.17. The molecule has 0 amide bonds. The Morgan fingerprint density at radius 3 is 2.83 bits per heavy atom. The Kier molecular flexibility index (Phi) is 5.53. The molecule has 0 spiro atoms. The van der Waals surface area contributed by atoms with Crippen molar-refractivity contribution in [2.24, 2.45) is 0 Å². The summed E-state index contributed by atoms with van der Waals surface area (Å²) in [6.07, 6.45) is 9.35. The van der Waals surface area contributed by atoms with Gasteiger partial charge in [0.2, 0.25) is 0 Å². The van der Waals surface area contributed by atoms with Crippen LogP contribution in [0.25, 0.3) is 0 Å². The molecule has 0 saturated heterocycles. The van der Waals surface area contributed by atoms with E-state index in [1.165, 1.54) is 44.1 Å². The Morgan fingerprint density at radius 1 is 1.22 bits per heavy atom. The first-order chi connectivity index (χ1) is 8.88. The minimum absolute atomic E-state index is 0.782. The van der Waals surface area contributed by atoms with Crippen LogP contribution in [0, 0.1) is 0 Å². The Labute approximate surface area is 111 Å². The second-order valence-corrected chi connectivity index (χ2v) is 5.24. The van der Waals surface area contributed by atoms with Gasteiger partial charge in [-0.05, 0) is 49.9 Å². The third-order valence-electron chi connectivity index (χ3n) is 3.81. The quantitative estimate of drug-likeness (QED) is 0.776. The van der Waals surface area contributed by atoms with Gasteiger partial charge in [-0.25, -0.2) is 0 Å². The van der Waals surface area contributed by atoms with E-state index >= 15 is 0 Å². The van der Waals surface area contributed by atoms with Gasteiger partial charge in [-0.2, -0.15) is 0 Å². The van der Waals surface area contributed by atoms with Crippen molar-refractivity contribution in [2.45, 2.75) is 51.0 Å². The van der Waals surface area contributed by atoms with Gasteiger partial charge in [-0.3, -0.25) is 0 Å². The van der Waals surface area contributed by atoms with Crippen LogP contribution in [0.3, 0.4) is 0 Å². The van der Waals surface area contributed by atoms with Crippen molar-refractivity contribution in [1.29, 1.82) is 0 Å². The van der Waals surface area contributed by atoms with Crippen LogP contribution in [-0.2, 0) is 6.42 Å². The average molecular weight is 247 g/mol.